The molecule has 0 aliphatic carbocycles. The molecule has 0 fully saturated rings. The average Bonchev–Trinajstić information content (AvgIpc) is 2.62. The van der Waals surface area contributed by atoms with Crippen molar-refractivity contribution in [2.75, 3.05) is 13.7 Å². The molecule has 132 valence electrons. The monoisotopic (exact) mass is 340 g/mol. The van der Waals surface area contributed by atoms with Gasteiger partial charge in [0.1, 0.15) is 6.10 Å². The number of hydrogen-bond donors (Lipinski definition) is 1. The molecule has 0 saturated heterocycles. The summed E-state index contributed by atoms with van der Waals surface area (Å²) in [7, 11) is 1.50. The van der Waals surface area contributed by atoms with Crippen LogP contribution in [-0.4, -0.2) is 30.9 Å². The molecule has 0 aliphatic rings. The number of hydrogen-bond acceptors (Lipinski definition) is 4. The summed E-state index contributed by atoms with van der Waals surface area (Å²) in [5.41, 5.74) is 3.33. The van der Waals surface area contributed by atoms with Crippen LogP contribution in [0.3, 0.4) is 0 Å². The van der Waals surface area contributed by atoms with Crippen molar-refractivity contribution in [1.82, 2.24) is 0 Å². The number of carbonyl (C=O) groups excluding carboxylic acids is 1. The fraction of sp³-hybridized carbons (Fsp3) is 0.286. The van der Waals surface area contributed by atoms with Crippen LogP contribution in [0.5, 0.6) is 0 Å². The maximum absolute atomic E-state index is 11.7. The Morgan fingerprint density at radius 2 is 1.68 bits per heavy atom. The Balaban J connectivity index is 2.07. The van der Waals surface area contributed by atoms with Crippen LogP contribution in [0, 0.1) is 0 Å². The fourth-order valence-corrected chi connectivity index (χ4v) is 2.47. The van der Waals surface area contributed by atoms with E-state index in [1.807, 2.05) is 42.5 Å². The lowest BCUT2D eigenvalue weighted by Crippen LogP contribution is -2.30. The Kier molecular flexibility index (Phi) is 6.92. The molecule has 0 bridgehead atoms. The van der Waals surface area contributed by atoms with Crippen LogP contribution in [0.2, 0.25) is 0 Å². The molecule has 0 saturated carbocycles. The zero-order valence-corrected chi connectivity index (χ0v) is 14.6. The Hall–Kier alpha value is -2.43. The van der Waals surface area contributed by atoms with E-state index in [-0.39, 0.29) is 12.2 Å². The summed E-state index contributed by atoms with van der Waals surface area (Å²) < 4.78 is 10.3. The van der Waals surface area contributed by atoms with Gasteiger partial charge in [0, 0.05) is 12.7 Å². The third kappa shape index (κ3) is 5.55. The van der Waals surface area contributed by atoms with Crippen molar-refractivity contribution in [3.8, 4) is 0 Å². The van der Waals surface area contributed by atoms with E-state index >= 15 is 0 Å². The second kappa shape index (κ2) is 9.16. The van der Waals surface area contributed by atoms with E-state index in [4.69, 9.17) is 9.47 Å². The molecule has 2 unspecified atom stereocenters. The SMILES string of the molecule is C=C(C)C(=O)OC(COC)C(O)c1ccc(Cc2ccccc2)cc1. The molecular weight excluding hydrogens is 316 g/mol. The van der Waals surface area contributed by atoms with E-state index in [9.17, 15) is 9.90 Å². The first kappa shape index (κ1) is 18.9. The van der Waals surface area contributed by atoms with Gasteiger partial charge in [-0.1, -0.05) is 61.2 Å². The van der Waals surface area contributed by atoms with Crippen LogP contribution in [0.4, 0.5) is 0 Å². The van der Waals surface area contributed by atoms with Crippen molar-refractivity contribution in [1.29, 1.82) is 0 Å². The number of esters is 1. The van der Waals surface area contributed by atoms with E-state index in [2.05, 4.69) is 18.7 Å². The van der Waals surface area contributed by atoms with Gasteiger partial charge in [0.2, 0.25) is 0 Å². The molecule has 2 aromatic carbocycles. The summed E-state index contributed by atoms with van der Waals surface area (Å²) in [5, 5.41) is 10.5. The molecule has 0 aliphatic heterocycles. The van der Waals surface area contributed by atoms with Gasteiger partial charge in [0.15, 0.2) is 6.10 Å². The van der Waals surface area contributed by atoms with Gasteiger partial charge < -0.3 is 14.6 Å². The normalized spacial score (nSPS) is 13.1. The van der Waals surface area contributed by atoms with E-state index in [0.29, 0.717) is 5.56 Å². The van der Waals surface area contributed by atoms with Crippen molar-refractivity contribution in [3.05, 3.63) is 83.4 Å². The molecule has 2 aromatic rings. The predicted molar refractivity (Wildman–Crippen MR) is 97.2 cm³/mol. The molecule has 1 N–H and O–H groups in total. The maximum Gasteiger partial charge on any atom is 0.333 e. The maximum atomic E-state index is 11.7. The van der Waals surface area contributed by atoms with Gasteiger partial charge in [0.25, 0.3) is 0 Å². The minimum atomic E-state index is -0.964. The highest BCUT2D eigenvalue weighted by Gasteiger charge is 2.25. The number of rotatable bonds is 8. The minimum absolute atomic E-state index is 0.103. The third-order valence-corrected chi connectivity index (χ3v) is 3.86. The Morgan fingerprint density at radius 3 is 2.24 bits per heavy atom. The number of methoxy groups -OCH3 is 1. The van der Waals surface area contributed by atoms with Crippen molar-refractivity contribution in [3.63, 3.8) is 0 Å². The van der Waals surface area contributed by atoms with Crippen LogP contribution in [-0.2, 0) is 20.7 Å². The lowest BCUT2D eigenvalue weighted by atomic mass is 9.99. The largest absolute Gasteiger partial charge is 0.453 e. The average molecular weight is 340 g/mol. The van der Waals surface area contributed by atoms with Gasteiger partial charge in [-0.2, -0.15) is 0 Å². The first-order valence-electron chi connectivity index (χ1n) is 8.17. The van der Waals surface area contributed by atoms with Gasteiger partial charge in [-0.05, 0) is 30.0 Å². The van der Waals surface area contributed by atoms with E-state index in [0.717, 1.165) is 12.0 Å². The molecule has 0 heterocycles. The van der Waals surface area contributed by atoms with Gasteiger partial charge in [-0.3, -0.25) is 0 Å². The lowest BCUT2D eigenvalue weighted by Gasteiger charge is -2.23. The zero-order chi connectivity index (χ0) is 18.2. The molecular formula is C21H24O4. The molecule has 0 spiro atoms. The summed E-state index contributed by atoms with van der Waals surface area (Å²) in [6.45, 7) is 5.22. The number of benzene rings is 2. The van der Waals surface area contributed by atoms with Crippen LogP contribution >= 0.6 is 0 Å². The number of aliphatic hydroxyl groups excluding tert-OH is 1. The highest BCUT2D eigenvalue weighted by atomic mass is 16.6. The van der Waals surface area contributed by atoms with E-state index < -0.39 is 18.2 Å². The van der Waals surface area contributed by atoms with Gasteiger partial charge in [-0.15, -0.1) is 0 Å². The summed E-state index contributed by atoms with van der Waals surface area (Å²) in [6, 6.07) is 17.8. The van der Waals surface area contributed by atoms with Crippen LogP contribution in [0.15, 0.2) is 66.7 Å². The Bertz CT molecular complexity index is 692. The standard InChI is InChI=1S/C21H24O4/c1-15(2)21(23)25-19(14-24-3)20(22)18-11-9-17(10-12-18)13-16-7-5-4-6-8-16/h4-12,19-20,22H,1,13-14H2,2-3H3. The summed E-state index contributed by atoms with van der Waals surface area (Å²) in [6.07, 6.45) is -0.924. The summed E-state index contributed by atoms with van der Waals surface area (Å²) >= 11 is 0. The number of carbonyl (C=O) groups is 1. The molecule has 0 amide bonds. The third-order valence-electron chi connectivity index (χ3n) is 3.86. The first-order valence-corrected chi connectivity index (χ1v) is 8.17. The second-order valence-electron chi connectivity index (χ2n) is 6.03. The van der Waals surface area contributed by atoms with Crippen molar-refractivity contribution in [2.24, 2.45) is 0 Å². The Labute approximate surface area is 148 Å². The van der Waals surface area contributed by atoms with Crippen LogP contribution in [0.25, 0.3) is 0 Å². The molecule has 0 aromatic heterocycles. The quantitative estimate of drug-likeness (QED) is 0.591. The Morgan fingerprint density at radius 1 is 1.08 bits per heavy atom. The van der Waals surface area contributed by atoms with Gasteiger partial charge in [0.05, 0.1) is 6.61 Å². The molecule has 2 rings (SSSR count). The zero-order valence-electron chi connectivity index (χ0n) is 14.6. The fourth-order valence-electron chi connectivity index (χ4n) is 2.47. The molecule has 25 heavy (non-hydrogen) atoms. The van der Waals surface area contributed by atoms with Crippen molar-refractivity contribution < 1.29 is 19.4 Å². The molecule has 4 heteroatoms. The summed E-state index contributed by atoms with van der Waals surface area (Å²) in [5.74, 6) is -0.540. The first-order chi connectivity index (χ1) is 12.0. The molecule has 2 atom stereocenters. The second-order valence-corrected chi connectivity index (χ2v) is 6.03. The lowest BCUT2D eigenvalue weighted by molar-refractivity contribution is -0.154. The number of aliphatic hydroxyl groups is 1. The van der Waals surface area contributed by atoms with Gasteiger partial charge >= 0.3 is 5.97 Å². The summed E-state index contributed by atoms with van der Waals surface area (Å²) in [4.78, 5) is 11.7. The van der Waals surface area contributed by atoms with Crippen LogP contribution in [0.1, 0.15) is 29.7 Å². The molecule has 4 nitrogen and oxygen atoms in total. The molecule has 0 radical (unpaired) electrons. The smallest absolute Gasteiger partial charge is 0.333 e. The van der Waals surface area contributed by atoms with Crippen molar-refractivity contribution >= 4 is 5.97 Å². The number of ether oxygens (including phenoxy) is 2. The predicted octanol–water partition coefficient (Wildman–Crippen LogP) is 3.45. The van der Waals surface area contributed by atoms with E-state index in [1.165, 1.54) is 12.7 Å². The highest BCUT2D eigenvalue weighted by molar-refractivity contribution is 5.87. The topological polar surface area (TPSA) is 55.8 Å². The van der Waals surface area contributed by atoms with Gasteiger partial charge in [-0.25, -0.2) is 4.79 Å². The minimum Gasteiger partial charge on any atom is -0.453 e. The van der Waals surface area contributed by atoms with E-state index in [1.54, 1.807) is 6.92 Å². The highest BCUT2D eigenvalue weighted by Crippen LogP contribution is 2.22. The van der Waals surface area contributed by atoms with Crippen molar-refractivity contribution in [2.45, 2.75) is 25.6 Å². The van der Waals surface area contributed by atoms with Crippen LogP contribution < -0.4 is 0 Å².